The first-order valence-electron chi connectivity index (χ1n) is 4.73. The number of rotatable bonds is 2. The number of fused-ring (bicyclic) bond motifs is 1. The molecule has 0 unspecified atom stereocenters. The van der Waals surface area contributed by atoms with Gasteiger partial charge in [0.15, 0.2) is 0 Å². The van der Waals surface area contributed by atoms with Gasteiger partial charge in [-0.2, -0.15) is 5.10 Å². The number of hydrogen-bond donors (Lipinski definition) is 2. The number of hydrazone groups is 1. The van der Waals surface area contributed by atoms with Crippen LogP contribution in [0.5, 0.6) is 0 Å². The van der Waals surface area contributed by atoms with Crippen molar-refractivity contribution in [1.29, 1.82) is 0 Å². The van der Waals surface area contributed by atoms with Gasteiger partial charge in [-0.15, -0.1) is 0 Å². The Kier molecular flexibility index (Phi) is 3.05. The molecule has 2 rings (SSSR count). The van der Waals surface area contributed by atoms with Crippen LogP contribution in [0, 0.1) is 0 Å². The number of nitrogens with zero attached hydrogens (tertiary/aromatic N) is 1. The van der Waals surface area contributed by atoms with E-state index in [9.17, 15) is 4.79 Å². The Morgan fingerprint density at radius 2 is 2.38 bits per heavy atom. The number of carbonyl (C=O) groups excluding carboxylic acids is 1. The van der Waals surface area contributed by atoms with Gasteiger partial charge in [0.05, 0.1) is 6.21 Å². The van der Waals surface area contributed by atoms with Crippen molar-refractivity contribution in [3.8, 4) is 0 Å². The van der Waals surface area contributed by atoms with Crippen molar-refractivity contribution in [1.82, 2.24) is 10.4 Å². The van der Waals surface area contributed by atoms with Crippen molar-refractivity contribution in [2.75, 3.05) is 0 Å². The summed E-state index contributed by atoms with van der Waals surface area (Å²) in [5, 5.41) is 4.89. The number of amides is 1. The molecule has 0 bridgehead atoms. The first-order valence-corrected chi connectivity index (χ1v) is 5.52. The van der Waals surface area contributed by atoms with Crippen molar-refractivity contribution in [3.05, 3.63) is 34.4 Å². The Morgan fingerprint density at radius 1 is 1.56 bits per heavy atom. The second-order valence-corrected chi connectivity index (χ2v) is 4.28. The average Bonchev–Trinajstić information content (AvgIpc) is 2.60. The quantitative estimate of drug-likeness (QED) is 0.644. The van der Waals surface area contributed by atoms with Gasteiger partial charge in [-0.1, -0.05) is 15.9 Å². The van der Waals surface area contributed by atoms with Crippen LogP contribution in [0.3, 0.4) is 0 Å². The maximum Gasteiger partial charge on any atom is 0.236 e. The van der Waals surface area contributed by atoms with Crippen molar-refractivity contribution >= 4 is 39.0 Å². The lowest BCUT2D eigenvalue weighted by atomic mass is 10.2. The minimum Gasteiger partial charge on any atom is -0.361 e. The summed E-state index contributed by atoms with van der Waals surface area (Å²) in [6, 6.07) is 5.95. The van der Waals surface area contributed by atoms with Gasteiger partial charge in [0.1, 0.15) is 0 Å². The number of aromatic amines is 1. The van der Waals surface area contributed by atoms with Gasteiger partial charge in [-0.3, -0.25) is 4.79 Å². The summed E-state index contributed by atoms with van der Waals surface area (Å²) in [6.45, 7) is 1.42. The predicted molar refractivity (Wildman–Crippen MR) is 67.4 cm³/mol. The van der Waals surface area contributed by atoms with Gasteiger partial charge < -0.3 is 4.98 Å². The molecule has 0 saturated heterocycles. The second kappa shape index (κ2) is 4.49. The summed E-state index contributed by atoms with van der Waals surface area (Å²) in [5.74, 6) is -0.183. The SMILES string of the molecule is CC(=O)NN=Cc1c[nH]c2ccc(Br)cc12. The van der Waals surface area contributed by atoms with Gasteiger partial charge in [0, 0.05) is 34.1 Å². The van der Waals surface area contributed by atoms with Crippen molar-refractivity contribution in [2.24, 2.45) is 5.10 Å². The molecular formula is C11H10BrN3O. The van der Waals surface area contributed by atoms with E-state index in [1.807, 2.05) is 24.4 Å². The molecule has 0 atom stereocenters. The van der Waals surface area contributed by atoms with Crippen LogP contribution in [0.2, 0.25) is 0 Å². The lowest BCUT2D eigenvalue weighted by Crippen LogP contribution is -2.12. The fraction of sp³-hybridized carbons (Fsp3) is 0.0909. The van der Waals surface area contributed by atoms with Gasteiger partial charge >= 0.3 is 0 Å². The molecule has 0 saturated carbocycles. The minimum atomic E-state index is -0.183. The largest absolute Gasteiger partial charge is 0.361 e. The molecule has 1 aromatic carbocycles. The maximum atomic E-state index is 10.6. The third-order valence-corrected chi connectivity index (χ3v) is 2.59. The van der Waals surface area contributed by atoms with Gasteiger partial charge in [0.25, 0.3) is 0 Å². The molecular weight excluding hydrogens is 270 g/mol. The van der Waals surface area contributed by atoms with E-state index in [1.165, 1.54) is 6.92 Å². The van der Waals surface area contributed by atoms with Gasteiger partial charge in [0.2, 0.25) is 5.91 Å². The molecule has 0 radical (unpaired) electrons. The molecule has 1 heterocycles. The smallest absolute Gasteiger partial charge is 0.236 e. The Labute approximate surface area is 101 Å². The van der Waals surface area contributed by atoms with Crippen molar-refractivity contribution in [3.63, 3.8) is 0 Å². The number of halogens is 1. The highest BCUT2D eigenvalue weighted by Gasteiger charge is 2.01. The Morgan fingerprint density at radius 3 is 3.12 bits per heavy atom. The summed E-state index contributed by atoms with van der Waals surface area (Å²) in [4.78, 5) is 13.8. The summed E-state index contributed by atoms with van der Waals surface area (Å²) >= 11 is 3.41. The molecule has 0 aliphatic rings. The van der Waals surface area contributed by atoms with Crippen molar-refractivity contribution in [2.45, 2.75) is 6.92 Å². The monoisotopic (exact) mass is 279 g/mol. The molecule has 1 amide bonds. The average molecular weight is 280 g/mol. The fourth-order valence-electron chi connectivity index (χ4n) is 1.41. The van der Waals surface area contributed by atoms with Crippen LogP contribution in [-0.4, -0.2) is 17.1 Å². The topological polar surface area (TPSA) is 57.2 Å². The van der Waals surface area contributed by atoms with Crippen LogP contribution < -0.4 is 5.43 Å². The lowest BCUT2D eigenvalue weighted by Gasteiger charge is -1.94. The van der Waals surface area contributed by atoms with Crippen LogP contribution in [0.1, 0.15) is 12.5 Å². The molecule has 0 spiro atoms. The molecule has 2 aromatic rings. The highest BCUT2D eigenvalue weighted by atomic mass is 79.9. The molecule has 82 valence electrons. The second-order valence-electron chi connectivity index (χ2n) is 3.36. The number of carbonyl (C=O) groups is 1. The Hall–Kier alpha value is -1.62. The van der Waals surface area contributed by atoms with E-state index in [4.69, 9.17) is 0 Å². The summed E-state index contributed by atoms with van der Waals surface area (Å²) in [5.41, 5.74) is 4.34. The lowest BCUT2D eigenvalue weighted by molar-refractivity contribution is -0.118. The third-order valence-electron chi connectivity index (χ3n) is 2.10. The number of aromatic nitrogens is 1. The predicted octanol–water partition coefficient (Wildman–Crippen LogP) is 2.40. The van der Waals surface area contributed by atoms with Crippen LogP contribution in [0.25, 0.3) is 10.9 Å². The van der Waals surface area contributed by atoms with E-state index in [0.717, 1.165) is 20.9 Å². The molecule has 0 aliphatic carbocycles. The molecule has 5 heteroatoms. The van der Waals surface area contributed by atoms with Crippen LogP contribution in [0.4, 0.5) is 0 Å². The normalized spacial score (nSPS) is 11.1. The third kappa shape index (κ3) is 2.30. The van der Waals surface area contributed by atoms with E-state index < -0.39 is 0 Å². The maximum absolute atomic E-state index is 10.6. The van der Waals surface area contributed by atoms with Gasteiger partial charge in [-0.25, -0.2) is 5.43 Å². The first-order chi connectivity index (χ1) is 7.66. The highest BCUT2D eigenvalue weighted by molar-refractivity contribution is 9.10. The van der Waals surface area contributed by atoms with E-state index >= 15 is 0 Å². The highest BCUT2D eigenvalue weighted by Crippen LogP contribution is 2.21. The van der Waals surface area contributed by atoms with E-state index in [1.54, 1.807) is 6.21 Å². The number of hydrogen-bond acceptors (Lipinski definition) is 2. The van der Waals surface area contributed by atoms with Crippen molar-refractivity contribution < 1.29 is 4.79 Å². The fourth-order valence-corrected chi connectivity index (χ4v) is 1.78. The van der Waals surface area contributed by atoms with E-state index in [0.29, 0.717) is 0 Å². The molecule has 1 aromatic heterocycles. The zero-order valence-corrected chi connectivity index (χ0v) is 10.2. The molecule has 0 fully saturated rings. The Balaban J connectivity index is 2.34. The zero-order chi connectivity index (χ0) is 11.5. The number of H-pyrrole nitrogens is 1. The van der Waals surface area contributed by atoms with Crippen LogP contribution in [-0.2, 0) is 4.79 Å². The number of nitrogens with one attached hydrogen (secondary N) is 2. The molecule has 0 aliphatic heterocycles. The summed E-state index contributed by atoms with van der Waals surface area (Å²) < 4.78 is 1.01. The summed E-state index contributed by atoms with van der Waals surface area (Å²) in [6.07, 6.45) is 3.47. The molecule has 4 nitrogen and oxygen atoms in total. The summed E-state index contributed by atoms with van der Waals surface area (Å²) in [7, 11) is 0. The minimum absolute atomic E-state index is 0.183. The van der Waals surface area contributed by atoms with E-state index in [-0.39, 0.29) is 5.91 Å². The van der Waals surface area contributed by atoms with Crippen LogP contribution >= 0.6 is 15.9 Å². The zero-order valence-electron chi connectivity index (χ0n) is 8.62. The first kappa shape index (κ1) is 10.9. The Bertz CT molecular complexity index is 559. The van der Waals surface area contributed by atoms with Gasteiger partial charge in [-0.05, 0) is 18.2 Å². The molecule has 16 heavy (non-hydrogen) atoms. The molecule has 2 N–H and O–H groups in total. The van der Waals surface area contributed by atoms with Crippen LogP contribution in [0.15, 0.2) is 34.0 Å². The standard InChI is InChI=1S/C11H10BrN3O/c1-7(16)15-14-6-8-5-13-11-3-2-9(12)4-10(8)11/h2-6,13H,1H3,(H,15,16). The van der Waals surface area contributed by atoms with E-state index in [2.05, 4.69) is 31.4 Å². The number of benzene rings is 1.